The predicted octanol–water partition coefficient (Wildman–Crippen LogP) is 4.76. The lowest BCUT2D eigenvalue weighted by molar-refractivity contribution is 0.244. The highest BCUT2D eigenvalue weighted by Crippen LogP contribution is 2.40. The summed E-state index contributed by atoms with van der Waals surface area (Å²) in [6, 6.07) is 0.744. The van der Waals surface area contributed by atoms with Crippen LogP contribution in [-0.4, -0.2) is 12.6 Å². The van der Waals surface area contributed by atoms with Crippen LogP contribution in [0.4, 0.5) is 0 Å². The second-order valence-electron chi connectivity index (χ2n) is 6.30. The van der Waals surface area contributed by atoms with Gasteiger partial charge in [-0.1, -0.05) is 47.0 Å². The normalized spacial score (nSPS) is 22.6. The summed E-state index contributed by atoms with van der Waals surface area (Å²) >= 11 is 0. The molecule has 0 radical (unpaired) electrons. The Kier molecular flexibility index (Phi) is 6.54. The third-order valence-corrected chi connectivity index (χ3v) is 5.06. The van der Waals surface area contributed by atoms with E-state index in [1.807, 2.05) is 0 Å². The van der Waals surface area contributed by atoms with Crippen LogP contribution in [0.5, 0.6) is 0 Å². The van der Waals surface area contributed by atoms with Gasteiger partial charge in [-0.15, -0.1) is 0 Å². The lowest BCUT2D eigenvalue weighted by Gasteiger charge is -2.31. The Bertz CT molecular complexity index is 194. The van der Waals surface area contributed by atoms with Crippen LogP contribution in [-0.2, 0) is 0 Å². The second-order valence-corrected chi connectivity index (χ2v) is 6.30. The van der Waals surface area contributed by atoms with Gasteiger partial charge in [0.15, 0.2) is 0 Å². The van der Waals surface area contributed by atoms with Gasteiger partial charge in [0, 0.05) is 12.6 Å². The molecule has 17 heavy (non-hydrogen) atoms. The molecule has 1 N–H and O–H groups in total. The van der Waals surface area contributed by atoms with E-state index in [-0.39, 0.29) is 0 Å². The SMILES string of the molecule is CCC(C)CC(CC)NCC1(CC)CCCC1. The van der Waals surface area contributed by atoms with E-state index >= 15 is 0 Å². The molecule has 0 bridgehead atoms. The average molecular weight is 239 g/mol. The molecule has 0 spiro atoms. The number of hydrogen-bond acceptors (Lipinski definition) is 1. The van der Waals surface area contributed by atoms with Gasteiger partial charge in [0.25, 0.3) is 0 Å². The Balaban J connectivity index is 2.35. The summed E-state index contributed by atoms with van der Waals surface area (Å²) in [4.78, 5) is 0. The van der Waals surface area contributed by atoms with Crippen LogP contribution in [0.2, 0.25) is 0 Å². The standard InChI is InChI=1S/C16H33N/c1-5-14(4)12-15(6-2)17-13-16(7-3)10-8-9-11-16/h14-15,17H,5-13H2,1-4H3. The summed E-state index contributed by atoms with van der Waals surface area (Å²) in [6.07, 6.45) is 11.1. The van der Waals surface area contributed by atoms with Crippen LogP contribution in [0, 0.1) is 11.3 Å². The molecule has 0 aromatic rings. The maximum atomic E-state index is 3.87. The molecule has 1 heteroatoms. The van der Waals surface area contributed by atoms with Crippen molar-refractivity contribution in [1.82, 2.24) is 5.32 Å². The zero-order valence-electron chi connectivity index (χ0n) is 12.5. The van der Waals surface area contributed by atoms with E-state index in [2.05, 4.69) is 33.0 Å². The Morgan fingerprint density at radius 3 is 2.18 bits per heavy atom. The maximum Gasteiger partial charge on any atom is 0.00672 e. The van der Waals surface area contributed by atoms with Crippen molar-refractivity contribution in [2.75, 3.05) is 6.54 Å². The average Bonchev–Trinajstić information content (AvgIpc) is 2.83. The minimum Gasteiger partial charge on any atom is -0.313 e. The van der Waals surface area contributed by atoms with Crippen molar-refractivity contribution in [1.29, 1.82) is 0 Å². The first-order chi connectivity index (χ1) is 8.15. The van der Waals surface area contributed by atoms with E-state index in [1.165, 1.54) is 57.9 Å². The summed E-state index contributed by atoms with van der Waals surface area (Å²) in [5, 5.41) is 3.87. The molecule has 0 heterocycles. The Morgan fingerprint density at radius 1 is 1.06 bits per heavy atom. The largest absolute Gasteiger partial charge is 0.313 e. The van der Waals surface area contributed by atoms with Crippen LogP contribution >= 0.6 is 0 Å². The van der Waals surface area contributed by atoms with Gasteiger partial charge in [0.05, 0.1) is 0 Å². The van der Waals surface area contributed by atoms with Crippen molar-refractivity contribution in [3.05, 3.63) is 0 Å². The summed E-state index contributed by atoms with van der Waals surface area (Å²) in [6.45, 7) is 10.7. The van der Waals surface area contributed by atoms with Gasteiger partial charge in [-0.2, -0.15) is 0 Å². The van der Waals surface area contributed by atoms with Crippen LogP contribution < -0.4 is 5.32 Å². The van der Waals surface area contributed by atoms with Gasteiger partial charge in [-0.25, -0.2) is 0 Å². The van der Waals surface area contributed by atoms with E-state index in [9.17, 15) is 0 Å². The molecule has 1 aliphatic carbocycles. The number of hydrogen-bond donors (Lipinski definition) is 1. The molecule has 0 amide bonds. The second kappa shape index (κ2) is 7.41. The van der Waals surface area contributed by atoms with Crippen LogP contribution in [0.1, 0.15) is 79.1 Å². The van der Waals surface area contributed by atoms with Crippen molar-refractivity contribution >= 4 is 0 Å². The highest BCUT2D eigenvalue weighted by Gasteiger charge is 2.32. The molecule has 1 fully saturated rings. The van der Waals surface area contributed by atoms with Gasteiger partial charge in [0.2, 0.25) is 0 Å². The molecule has 0 aromatic heterocycles. The summed E-state index contributed by atoms with van der Waals surface area (Å²) < 4.78 is 0. The fourth-order valence-corrected chi connectivity index (χ4v) is 3.19. The summed E-state index contributed by atoms with van der Waals surface area (Å²) in [5.41, 5.74) is 0.642. The first-order valence-corrected chi connectivity index (χ1v) is 7.89. The van der Waals surface area contributed by atoms with Crippen LogP contribution in [0.3, 0.4) is 0 Å². The highest BCUT2D eigenvalue weighted by molar-refractivity contribution is 4.86. The molecule has 1 nitrogen and oxygen atoms in total. The first kappa shape index (κ1) is 15.0. The van der Waals surface area contributed by atoms with Crippen molar-refractivity contribution in [3.8, 4) is 0 Å². The van der Waals surface area contributed by atoms with E-state index < -0.39 is 0 Å². The Morgan fingerprint density at radius 2 is 1.71 bits per heavy atom. The fourth-order valence-electron chi connectivity index (χ4n) is 3.19. The van der Waals surface area contributed by atoms with Crippen molar-refractivity contribution in [2.45, 2.75) is 85.1 Å². The molecule has 1 saturated carbocycles. The molecule has 1 rings (SSSR count). The minimum absolute atomic E-state index is 0.642. The quantitative estimate of drug-likeness (QED) is 0.644. The fraction of sp³-hybridized carbons (Fsp3) is 1.00. The third-order valence-electron chi connectivity index (χ3n) is 5.06. The molecule has 1 aliphatic rings. The Hall–Kier alpha value is -0.0400. The van der Waals surface area contributed by atoms with Gasteiger partial charge >= 0.3 is 0 Å². The summed E-state index contributed by atoms with van der Waals surface area (Å²) in [5.74, 6) is 0.869. The van der Waals surface area contributed by atoms with E-state index in [0.717, 1.165) is 12.0 Å². The molecule has 0 aromatic carbocycles. The molecule has 2 atom stereocenters. The first-order valence-electron chi connectivity index (χ1n) is 7.89. The topological polar surface area (TPSA) is 12.0 Å². The Labute approximate surface area is 109 Å². The van der Waals surface area contributed by atoms with Crippen molar-refractivity contribution < 1.29 is 0 Å². The molecule has 0 aliphatic heterocycles. The number of rotatable bonds is 8. The van der Waals surface area contributed by atoms with Crippen LogP contribution in [0.25, 0.3) is 0 Å². The van der Waals surface area contributed by atoms with E-state index in [4.69, 9.17) is 0 Å². The van der Waals surface area contributed by atoms with Crippen molar-refractivity contribution in [2.24, 2.45) is 11.3 Å². The van der Waals surface area contributed by atoms with E-state index in [1.54, 1.807) is 0 Å². The van der Waals surface area contributed by atoms with Gasteiger partial charge < -0.3 is 5.32 Å². The minimum atomic E-state index is 0.642. The lowest BCUT2D eigenvalue weighted by atomic mass is 9.83. The maximum absolute atomic E-state index is 3.87. The third kappa shape index (κ3) is 4.62. The predicted molar refractivity (Wildman–Crippen MR) is 77.3 cm³/mol. The van der Waals surface area contributed by atoms with Gasteiger partial charge in [-0.05, 0) is 43.4 Å². The summed E-state index contributed by atoms with van der Waals surface area (Å²) in [7, 11) is 0. The van der Waals surface area contributed by atoms with Gasteiger partial charge in [-0.3, -0.25) is 0 Å². The lowest BCUT2D eigenvalue weighted by Crippen LogP contribution is -2.38. The molecular formula is C16H33N. The monoisotopic (exact) mass is 239 g/mol. The van der Waals surface area contributed by atoms with Crippen LogP contribution in [0.15, 0.2) is 0 Å². The molecular weight excluding hydrogens is 206 g/mol. The van der Waals surface area contributed by atoms with Crippen molar-refractivity contribution in [3.63, 3.8) is 0 Å². The van der Waals surface area contributed by atoms with E-state index in [0.29, 0.717) is 5.41 Å². The number of nitrogens with one attached hydrogen (secondary N) is 1. The molecule has 0 saturated heterocycles. The highest BCUT2D eigenvalue weighted by atomic mass is 14.9. The molecule has 2 unspecified atom stereocenters. The van der Waals surface area contributed by atoms with Gasteiger partial charge in [0.1, 0.15) is 0 Å². The smallest absolute Gasteiger partial charge is 0.00672 e. The molecule has 102 valence electrons. The zero-order valence-corrected chi connectivity index (χ0v) is 12.5. The zero-order chi connectivity index (χ0) is 12.7.